The zero-order valence-corrected chi connectivity index (χ0v) is 14.1. The van der Waals surface area contributed by atoms with Gasteiger partial charge in [-0.1, -0.05) is 11.6 Å². The summed E-state index contributed by atoms with van der Waals surface area (Å²) in [6.45, 7) is 2.34. The largest absolute Gasteiger partial charge is 0.493 e. The van der Waals surface area contributed by atoms with Gasteiger partial charge in [-0.2, -0.15) is 0 Å². The lowest BCUT2D eigenvalue weighted by molar-refractivity contribution is 0.0848. The van der Waals surface area contributed by atoms with E-state index in [0.29, 0.717) is 32.9 Å². The van der Waals surface area contributed by atoms with Crippen LogP contribution in [0, 0.1) is 0 Å². The van der Waals surface area contributed by atoms with Crippen LogP contribution in [0.3, 0.4) is 0 Å². The van der Waals surface area contributed by atoms with Gasteiger partial charge in [0.2, 0.25) is 0 Å². The molecule has 0 aliphatic heterocycles. The number of thiophene rings is 1. The van der Waals surface area contributed by atoms with Crippen molar-refractivity contribution in [2.45, 2.75) is 6.92 Å². The van der Waals surface area contributed by atoms with Gasteiger partial charge < -0.3 is 9.47 Å². The molecule has 1 aromatic carbocycles. The summed E-state index contributed by atoms with van der Waals surface area (Å²) < 4.78 is 11.1. The zero-order valence-electron chi connectivity index (χ0n) is 12.5. The molecular weight excluding hydrogens is 340 g/mol. The minimum absolute atomic E-state index is 0.329. The Morgan fingerprint density at radius 3 is 2.48 bits per heavy atom. The fraction of sp³-hybridized carbons (Fsp3) is 0.200. The number of benzene rings is 1. The van der Waals surface area contributed by atoms with Crippen molar-refractivity contribution in [1.82, 2.24) is 10.9 Å². The zero-order chi connectivity index (χ0) is 16.8. The van der Waals surface area contributed by atoms with Crippen molar-refractivity contribution in [3.05, 3.63) is 45.1 Å². The molecule has 2 rings (SSSR count). The Labute approximate surface area is 142 Å². The van der Waals surface area contributed by atoms with Crippen LogP contribution in [0.5, 0.6) is 11.5 Å². The summed E-state index contributed by atoms with van der Waals surface area (Å²) in [6, 6.07) is 7.94. The van der Waals surface area contributed by atoms with Crippen LogP contribution in [0.2, 0.25) is 4.34 Å². The highest BCUT2D eigenvalue weighted by molar-refractivity contribution is 7.17. The molecule has 2 aromatic rings. The van der Waals surface area contributed by atoms with Crippen molar-refractivity contribution >= 4 is 34.8 Å². The monoisotopic (exact) mass is 354 g/mol. The van der Waals surface area contributed by atoms with E-state index in [1.54, 1.807) is 24.3 Å². The molecule has 0 radical (unpaired) electrons. The Hall–Kier alpha value is -2.25. The molecule has 0 aliphatic carbocycles. The third-order valence-electron chi connectivity index (χ3n) is 2.81. The van der Waals surface area contributed by atoms with Gasteiger partial charge in [-0.3, -0.25) is 20.4 Å². The summed E-state index contributed by atoms with van der Waals surface area (Å²) in [5, 5.41) is 0. The van der Waals surface area contributed by atoms with E-state index in [-0.39, 0.29) is 0 Å². The number of ether oxygens (including phenoxy) is 2. The van der Waals surface area contributed by atoms with Crippen LogP contribution in [0.1, 0.15) is 27.0 Å². The van der Waals surface area contributed by atoms with Gasteiger partial charge in [0.05, 0.1) is 22.9 Å². The lowest BCUT2D eigenvalue weighted by Gasteiger charge is -2.11. The lowest BCUT2D eigenvalue weighted by Crippen LogP contribution is -2.41. The third-order valence-corrected chi connectivity index (χ3v) is 4.04. The molecule has 0 saturated heterocycles. The molecule has 0 bridgehead atoms. The normalized spacial score (nSPS) is 10.0. The topological polar surface area (TPSA) is 76.7 Å². The second-order valence-corrected chi connectivity index (χ2v) is 6.03. The molecule has 1 heterocycles. The SMILES string of the molecule is CCOc1ccc(C(=O)NNC(=O)c2ccc(Cl)s2)cc1OC. The summed E-state index contributed by atoms with van der Waals surface area (Å²) in [7, 11) is 1.49. The number of amides is 2. The average Bonchev–Trinajstić information content (AvgIpc) is 2.99. The molecule has 0 saturated carbocycles. The summed E-state index contributed by atoms with van der Waals surface area (Å²) in [5.41, 5.74) is 5.00. The minimum atomic E-state index is -0.470. The second kappa shape index (κ2) is 7.85. The van der Waals surface area contributed by atoms with E-state index in [4.69, 9.17) is 21.1 Å². The quantitative estimate of drug-likeness (QED) is 0.809. The highest BCUT2D eigenvalue weighted by Gasteiger charge is 2.13. The van der Waals surface area contributed by atoms with Crippen LogP contribution >= 0.6 is 22.9 Å². The van der Waals surface area contributed by atoms with Gasteiger partial charge in [-0.05, 0) is 37.3 Å². The maximum absolute atomic E-state index is 12.1. The molecule has 6 nitrogen and oxygen atoms in total. The predicted octanol–water partition coefficient (Wildman–Crippen LogP) is 2.88. The van der Waals surface area contributed by atoms with Crippen LogP contribution in [0.4, 0.5) is 0 Å². The van der Waals surface area contributed by atoms with Crippen molar-refractivity contribution in [2.24, 2.45) is 0 Å². The van der Waals surface area contributed by atoms with Gasteiger partial charge in [0, 0.05) is 5.56 Å². The van der Waals surface area contributed by atoms with E-state index in [2.05, 4.69) is 10.9 Å². The van der Waals surface area contributed by atoms with Crippen LogP contribution in [0.15, 0.2) is 30.3 Å². The van der Waals surface area contributed by atoms with Gasteiger partial charge in [0.25, 0.3) is 11.8 Å². The Kier molecular flexibility index (Phi) is 5.84. The molecule has 1 aromatic heterocycles. The van der Waals surface area contributed by atoms with Gasteiger partial charge in [0.1, 0.15) is 0 Å². The molecule has 2 N–H and O–H groups in total. The minimum Gasteiger partial charge on any atom is -0.493 e. The van der Waals surface area contributed by atoms with Gasteiger partial charge in [0.15, 0.2) is 11.5 Å². The Morgan fingerprint density at radius 1 is 1.13 bits per heavy atom. The molecule has 8 heteroatoms. The second-order valence-electron chi connectivity index (χ2n) is 4.31. The maximum Gasteiger partial charge on any atom is 0.279 e. The van der Waals surface area contributed by atoms with Crippen molar-refractivity contribution in [3.8, 4) is 11.5 Å². The fourth-order valence-corrected chi connectivity index (χ4v) is 2.71. The number of nitrogens with one attached hydrogen (secondary N) is 2. The fourth-order valence-electron chi connectivity index (χ4n) is 1.77. The molecule has 0 spiro atoms. The first-order valence-corrected chi connectivity index (χ1v) is 7.91. The van der Waals surface area contributed by atoms with E-state index in [1.807, 2.05) is 6.92 Å². The van der Waals surface area contributed by atoms with Crippen molar-refractivity contribution in [1.29, 1.82) is 0 Å². The van der Waals surface area contributed by atoms with Crippen molar-refractivity contribution < 1.29 is 19.1 Å². The van der Waals surface area contributed by atoms with Crippen LogP contribution in [0.25, 0.3) is 0 Å². The third kappa shape index (κ3) is 4.37. The lowest BCUT2D eigenvalue weighted by atomic mass is 10.2. The predicted molar refractivity (Wildman–Crippen MR) is 88.4 cm³/mol. The van der Waals surface area contributed by atoms with Crippen LogP contribution in [-0.2, 0) is 0 Å². The number of methoxy groups -OCH3 is 1. The number of rotatable bonds is 5. The highest BCUT2D eigenvalue weighted by atomic mass is 35.5. The van der Waals surface area contributed by atoms with Gasteiger partial charge >= 0.3 is 0 Å². The van der Waals surface area contributed by atoms with Crippen LogP contribution in [-0.4, -0.2) is 25.5 Å². The number of hydrazine groups is 1. The number of carbonyl (C=O) groups is 2. The first kappa shape index (κ1) is 17.1. The standard InChI is InChI=1S/C15H15ClN2O4S/c1-3-22-10-5-4-9(8-11(10)21-2)14(19)17-18-15(20)12-6-7-13(16)23-12/h4-8H,3H2,1-2H3,(H,17,19)(H,18,20). The van der Waals surface area contributed by atoms with E-state index >= 15 is 0 Å². The number of hydrogen-bond acceptors (Lipinski definition) is 5. The van der Waals surface area contributed by atoms with E-state index in [1.165, 1.54) is 13.2 Å². The number of halogens is 1. The van der Waals surface area contributed by atoms with Crippen LogP contribution < -0.4 is 20.3 Å². The molecule has 0 aliphatic rings. The Morgan fingerprint density at radius 2 is 1.87 bits per heavy atom. The summed E-state index contributed by atoms with van der Waals surface area (Å²) in [5.74, 6) is 0.0789. The Bertz CT molecular complexity index is 717. The van der Waals surface area contributed by atoms with E-state index in [0.717, 1.165) is 11.3 Å². The smallest absolute Gasteiger partial charge is 0.279 e. The maximum atomic E-state index is 12.1. The first-order chi connectivity index (χ1) is 11.0. The molecule has 122 valence electrons. The highest BCUT2D eigenvalue weighted by Crippen LogP contribution is 2.28. The molecule has 0 atom stereocenters. The molecular formula is C15H15ClN2O4S. The van der Waals surface area contributed by atoms with Crippen molar-refractivity contribution in [2.75, 3.05) is 13.7 Å². The van der Waals surface area contributed by atoms with E-state index in [9.17, 15) is 9.59 Å². The average molecular weight is 355 g/mol. The number of hydrogen-bond donors (Lipinski definition) is 2. The summed E-state index contributed by atoms with van der Waals surface area (Å²) in [6.07, 6.45) is 0. The molecule has 0 fully saturated rings. The number of carbonyl (C=O) groups excluding carboxylic acids is 2. The summed E-state index contributed by atoms with van der Waals surface area (Å²) in [4.78, 5) is 24.3. The van der Waals surface area contributed by atoms with Crippen molar-refractivity contribution in [3.63, 3.8) is 0 Å². The van der Waals surface area contributed by atoms with E-state index < -0.39 is 11.8 Å². The molecule has 2 amide bonds. The summed E-state index contributed by atoms with van der Waals surface area (Å²) >= 11 is 6.88. The molecule has 0 unspecified atom stereocenters. The van der Waals surface area contributed by atoms with Gasteiger partial charge in [-0.25, -0.2) is 0 Å². The Balaban J connectivity index is 2.01. The van der Waals surface area contributed by atoms with Gasteiger partial charge in [-0.15, -0.1) is 11.3 Å². The first-order valence-electron chi connectivity index (χ1n) is 6.72. The molecule has 23 heavy (non-hydrogen) atoms.